The summed E-state index contributed by atoms with van der Waals surface area (Å²) in [6.45, 7) is 0. The van der Waals surface area contributed by atoms with E-state index in [0.29, 0.717) is 6.07 Å². The molecule has 2 aromatic rings. The summed E-state index contributed by atoms with van der Waals surface area (Å²) in [7, 11) is 0. The molecule has 0 atom stereocenters. The summed E-state index contributed by atoms with van der Waals surface area (Å²) in [5.41, 5.74) is 1.53. The number of fused-ring (bicyclic) bond motifs is 1. The van der Waals surface area contributed by atoms with Crippen LogP contribution in [0.25, 0.3) is 0 Å². The van der Waals surface area contributed by atoms with Crippen molar-refractivity contribution in [2.24, 2.45) is 0 Å². The maximum absolute atomic E-state index is 13.8. The van der Waals surface area contributed by atoms with Crippen molar-refractivity contribution >= 4 is 5.69 Å². The molecule has 0 unspecified atom stereocenters. The molecule has 1 aliphatic rings. The number of benzene rings is 2. The second-order valence-electron chi connectivity index (χ2n) is 5.21. The average Bonchev–Trinajstić information content (AvgIpc) is 2.82. The minimum absolute atomic E-state index is 0.00800. The molecule has 0 saturated carbocycles. The van der Waals surface area contributed by atoms with Crippen molar-refractivity contribution in [1.29, 1.82) is 0 Å². The van der Waals surface area contributed by atoms with Gasteiger partial charge >= 0.3 is 6.18 Å². The van der Waals surface area contributed by atoms with Crippen molar-refractivity contribution in [2.45, 2.75) is 25.1 Å². The minimum Gasteiger partial charge on any atom is -0.379 e. The fraction of sp³-hybridized carbons (Fsp3) is 0.250. The first-order chi connectivity index (χ1) is 9.93. The number of anilines is 1. The van der Waals surface area contributed by atoms with Gasteiger partial charge in [0.2, 0.25) is 0 Å². The van der Waals surface area contributed by atoms with Crippen LogP contribution in [-0.2, 0) is 19.0 Å². The summed E-state index contributed by atoms with van der Waals surface area (Å²) in [4.78, 5) is 0. The lowest BCUT2D eigenvalue weighted by Gasteiger charge is -2.15. The van der Waals surface area contributed by atoms with Gasteiger partial charge in [0.1, 0.15) is 5.82 Å². The monoisotopic (exact) mass is 295 g/mol. The van der Waals surface area contributed by atoms with Crippen LogP contribution in [0.3, 0.4) is 0 Å². The molecule has 2 aromatic carbocycles. The first-order valence-corrected chi connectivity index (χ1v) is 6.63. The lowest BCUT2D eigenvalue weighted by atomic mass is 10.1. The van der Waals surface area contributed by atoms with E-state index in [-0.39, 0.29) is 11.7 Å². The van der Waals surface area contributed by atoms with Crippen LogP contribution in [0.5, 0.6) is 0 Å². The standard InChI is InChI=1S/C16H13F4N/c17-14-9-12(16(18,19)20)5-6-15(14)21-13-7-10-3-1-2-4-11(10)8-13/h1-6,9,13,21H,7-8H2. The molecule has 5 heteroatoms. The number of hydrogen-bond donors (Lipinski definition) is 1. The highest BCUT2D eigenvalue weighted by molar-refractivity contribution is 5.49. The average molecular weight is 295 g/mol. The van der Waals surface area contributed by atoms with E-state index >= 15 is 0 Å². The van der Waals surface area contributed by atoms with Crippen LogP contribution in [0.4, 0.5) is 23.2 Å². The zero-order valence-corrected chi connectivity index (χ0v) is 11.0. The van der Waals surface area contributed by atoms with Gasteiger partial charge in [-0.2, -0.15) is 13.2 Å². The maximum Gasteiger partial charge on any atom is 0.416 e. The molecule has 0 bridgehead atoms. The number of nitrogens with one attached hydrogen (secondary N) is 1. The number of halogens is 4. The van der Waals surface area contributed by atoms with Crippen LogP contribution in [-0.4, -0.2) is 6.04 Å². The summed E-state index contributed by atoms with van der Waals surface area (Å²) < 4.78 is 51.3. The molecule has 0 heterocycles. The quantitative estimate of drug-likeness (QED) is 0.808. The molecule has 0 radical (unpaired) electrons. The Morgan fingerprint density at radius 1 is 0.952 bits per heavy atom. The van der Waals surface area contributed by atoms with Crippen molar-refractivity contribution in [2.75, 3.05) is 5.32 Å². The Morgan fingerprint density at radius 2 is 1.57 bits per heavy atom. The third-order valence-electron chi connectivity index (χ3n) is 3.71. The van der Waals surface area contributed by atoms with E-state index in [4.69, 9.17) is 0 Å². The van der Waals surface area contributed by atoms with Gasteiger partial charge in [-0.3, -0.25) is 0 Å². The summed E-state index contributed by atoms with van der Waals surface area (Å²) in [6.07, 6.45) is -3.03. The fourth-order valence-corrected chi connectivity index (χ4v) is 2.69. The largest absolute Gasteiger partial charge is 0.416 e. The summed E-state index contributed by atoms with van der Waals surface area (Å²) >= 11 is 0. The Kier molecular flexibility index (Phi) is 3.35. The van der Waals surface area contributed by atoms with Gasteiger partial charge in [-0.1, -0.05) is 24.3 Å². The van der Waals surface area contributed by atoms with E-state index in [9.17, 15) is 17.6 Å². The molecular formula is C16H13F4N. The van der Waals surface area contributed by atoms with Crippen LogP contribution in [0.1, 0.15) is 16.7 Å². The van der Waals surface area contributed by atoms with E-state index in [1.54, 1.807) is 0 Å². The first-order valence-electron chi connectivity index (χ1n) is 6.63. The van der Waals surface area contributed by atoms with Crippen molar-refractivity contribution in [3.05, 3.63) is 65.0 Å². The molecule has 0 spiro atoms. The van der Waals surface area contributed by atoms with Gasteiger partial charge < -0.3 is 5.32 Å². The van der Waals surface area contributed by atoms with E-state index in [1.165, 1.54) is 11.1 Å². The highest BCUT2D eigenvalue weighted by Gasteiger charge is 2.31. The zero-order chi connectivity index (χ0) is 15.0. The lowest BCUT2D eigenvalue weighted by Crippen LogP contribution is -2.20. The number of hydrogen-bond acceptors (Lipinski definition) is 1. The van der Waals surface area contributed by atoms with E-state index < -0.39 is 17.6 Å². The molecule has 1 N–H and O–H groups in total. The van der Waals surface area contributed by atoms with Gasteiger partial charge in [-0.15, -0.1) is 0 Å². The zero-order valence-electron chi connectivity index (χ0n) is 11.0. The molecule has 0 aliphatic heterocycles. The summed E-state index contributed by atoms with van der Waals surface area (Å²) in [6, 6.07) is 10.5. The molecule has 0 aromatic heterocycles. The van der Waals surface area contributed by atoms with Gasteiger partial charge in [0.05, 0.1) is 11.3 Å². The van der Waals surface area contributed by atoms with Gasteiger partial charge in [0.25, 0.3) is 0 Å². The Balaban J connectivity index is 1.75. The van der Waals surface area contributed by atoms with Gasteiger partial charge in [0, 0.05) is 6.04 Å². The minimum atomic E-state index is -4.52. The molecule has 1 nitrogen and oxygen atoms in total. The molecule has 0 amide bonds. The molecule has 3 rings (SSSR count). The normalized spacial score (nSPS) is 15.0. The van der Waals surface area contributed by atoms with Crippen LogP contribution in [0.2, 0.25) is 0 Å². The first kappa shape index (κ1) is 13.9. The lowest BCUT2D eigenvalue weighted by molar-refractivity contribution is -0.137. The van der Waals surface area contributed by atoms with Gasteiger partial charge in [0.15, 0.2) is 0 Å². The topological polar surface area (TPSA) is 12.0 Å². The maximum atomic E-state index is 13.8. The fourth-order valence-electron chi connectivity index (χ4n) is 2.69. The Hall–Kier alpha value is -2.04. The number of rotatable bonds is 2. The molecule has 1 aliphatic carbocycles. The highest BCUT2D eigenvalue weighted by atomic mass is 19.4. The smallest absolute Gasteiger partial charge is 0.379 e. The molecule has 21 heavy (non-hydrogen) atoms. The highest BCUT2D eigenvalue weighted by Crippen LogP contribution is 2.32. The predicted octanol–water partition coefficient (Wildman–Crippen LogP) is 4.42. The van der Waals surface area contributed by atoms with Crippen LogP contribution < -0.4 is 5.32 Å². The van der Waals surface area contributed by atoms with Gasteiger partial charge in [-0.25, -0.2) is 4.39 Å². The van der Waals surface area contributed by atoms with Crippen molar-refractivity contribution in [3.63, 3.8) is 0 Å². The van der Waals surface area contributed by atoms with Crippen molar-refractivity contribution < 1.29 is 17.6 Å². The Labute approximate surface area is 119 Å². The van der Waals surface area contributed by atoms with Crippen LogP contribution >= 0.6 is 0 Å². The second kappa shape index (κ2) is 5.06. The third kappa shape index (κ3) is 2.86. The number of alkyl halides is 3. The van der Waals surface area contributed by atoms with Crippen LogP contribution in [0.15, 0.2) is 42.5 Å². The van der Waals surface area contributed by atoms with Crippen molar-refractivity contribution in [1.82, 2.24) is 0 Å². The second-order valence-corrected chi connectivity index (χ2v) is 5.21. The molecule has 0 saturated heterocycles. The predicted molar refractivity (Wildman–Crippen MR) is 72.7 cm³/mol. The summed E-state index contributed by atoms with van der Waals surface area (Å²) in [5, 5.41) is 2.99. The van der Waals surface area contributed by atoms with Gasteiger partial charge in [-0.05, 0) is 42.2 Å². The third-order valence-corrected chi connectivity index (χ3v) is 3.71. The summed E-state index contributed by atoms with van der Waals surface area (Å²) in [5.74, 6) is -0.874. The van der Waals surface area contributed by atoms with E-state index in [0.717, 1.165) is 25.0 Å². The van der Waals surface area contributed by atoms with Crippen LogP contribution in [0, 0.1) is 5.82 Å². The SMILES string of the molecule is Fc1cc(C(F)(F)F)ccc1NC1Cc2ccccc2C1. The Bertz CT molecular complexity index is 639. The van der Waals surface area contributed by atoms with E-state index in [2.05, 4.69) is 5.32 Å². The van der Waals surface area contributed by atoms with E-state index in [1.807, 2.05) is 24.3 Å². The Morgan fingerprint density at radius 3 is 2.10 bits per heavy atom. The van der Waals surface area contributed by atoms with Crippen molar-refractivity contribution in [3.8, 4) is 0 Å². The molecule has 0 fully saturated rings. The molecular weight excluding hydrogens is 282 g/mol. The molecule has 110 valence electrons.